The highest BCUT2D eigenvalue weighted by molar-refractivity contribution is 5.88. The third-order valence-corrected chi connectivity index (χ3v) is 5.03. The number of hydrogen-bond acceptors (Lipinski definition) is 3. The van der Waals surface area contributed by atoms with E-state index in [0.29, 0.717) is 6.04 Å². The molecule has 1 fully saturated rings. The van der Waals surface area contributed by atoms with Gasteiger partial charge in [0.15, 0.2) is 0 Å². The molecule has 1 saturated heterocycles. The molecule has 0 saturated carbocycles. The Morgan fingerprint density at radius 1 is 1.12 bits per heavy atom. The van der Waals surface area contributed by atoms with Gasteiger partial charge in [0.2, 0.25) is 5.91 Å². The van der Waals surface area contributed by atoms with Crippen molar-refractivity contribution < 1.29 is 4.79 Å². The van der Waals surface area contributed by atoms with Crippen LogP contribution < -0.4 is 10.6 Å². The summed E-state index contributed by atoms with van der Waals surface area (Å²) in [5.41, 5.74) is 3.46. The summed E-state index contributed by atoms with van der Waals surface area (Å²) in [7, 11) is 0. The average molecular weight is 351 g/mol. The molecule has 3 rings (SSSR count). The van der Waals surface area contributed by atoms with E-state index in [4.69, 9.17) is 0 Å². The minimum absolute atomic E-state index is 0.0337. The fraction of sp³-hybridized carbons (Fsp3) is 0.409. The molecule has 4 nitrogen and oxygen atoms in total. The van der Waals surface area contributed by atoms with E-state index in [1.165, 1.54) is 30.9 Å². The van der Waals surface area contributed by atoms with E-state index in [9.17, 15) is 4.79 Å². The maximum atomic E-state index is 11.2. The van der Waals surface area contributed by atoms with Crippen molar-refractivity contribution in [2.75, 3.05) is 18.4 Å². The van der Waals surface area contributed by atoms with E-state index < -0.39 is 0 Å². The van der Waals surface area contributed by atoms with Crippen molar-refractivity contribution in [3.8, 4) is 0 Å². The minimum atomic E-state index is -0.0337. The molecule has 26 heavy (non-hydrogen) atoms. The minimum Gasteiger partial charge on any atom is -0.326 e. The normalized spacial score (nSPS) is 17.0. The van der Waals surface area contributed by atoms with E-state index in [1.54, 1.807) is 0 Å². The van der Waals surface area contributed by atoms with Crippen LogP contribution >= 0.6 is 0 Å². The molecule has 0 spiro atoms. The van der Waals surface area contributed by atoms with Gasteiger partial charge in [-0.05, 0) is 56.1 Å². The molecule has 1 aliphatic rings. The van der Waals surface area contributed by atoms with Gasteiger partial charge in [-0.2, -0.15) is 0 Å². The van der Waals surface area contributed by atoms with Crippen LogP contribution in [0.3, 0.4) is 0 Å². The first kappa shape index (κ1) is 18.6. The monoisotopic (exact) mass is 351 g/mol. The Balaban J connectivity index is 1.49. The van der Waals surface area contributed by atoms with Crippen molar-refractivity contribution in [3.05, 3.63) is 65.7 Å². The van der Waals surface area contributed by atoms with Gasteiger partial charge in [0, 0.05) is 31.2 Å². The zero-order chi connectivity index (χ0) is 18.4. The van der Waals surface area contributed by atoms with Gasteiger partial charge >= 0.3 is 0 Å². The standard InChI is InChI=1S/C22H29N3O/c1-17(20-9-6-10-22(15-20)24-18(2)26)23-21-11-13-25(14-12-21)16-19-7-4-3-5-8-19/h3-10,15,17,21,23H,11-14,16H2,1-2H3,(H,24,26). The Kier molecular flexibility index (Phi) is 6.42. The van der Waals surface area contributed by atoms with Crippen LogP contribution in [-0.4, -0.2) is 29.9 Å². The number of carbonyl (C=O) groups is 1. The first-order valence-corrected chi connectivity index (χ1v) is 9.50. The van der Waals surface area contributed by atoms with Crippen molar-refractivity contribution in [2.45, 2.75) is 45.3 Å². The summed E-state index contributed by atoms with van der Waals surface area (Å²) in [6.45, 7) is 7.04. The lowest BCUT2D eigenvalue weighted by Crippen LogP contribution is -2.42. The molecule has 4 heteroatoms. The molecule has 1 unspecified atom stereocenters. The second-order valence-corrected chi connectivity index (χ2v) is 7.23. The van der Waals surface area contributed by atoms with Crippen LogP contribution in [0.1, 0.15) is 43.9 Å². The predicted molar refractivity (Wildman–Crippen MR) is 107 cm³/mol. The fourth-order valence-electron chi connectivity index (χ4n) is 3.64. The van der Waals surface area contributed by atoms with E-state index in [2.05, 4.69) is 64.9 Å². The number of hydrogen-bond donors (Lipinski definition) is 2. The summed E-state index contributed by atoms with van der Waals surface area (Å²) < 4.78 is 0. The molecule has 1 heterocycles. The van der Waals surface area contributed by atoms with Crippen LogP contribution in [0.2, 0.25) is 0 Å². The van der Waals surface area contributed by atoms with Crippen molar-refractivity contribution in [1.82, 2.24) is 10.2 Å². The first-order valence-electron chi connectivity index (χ1n) is 9.50. The molecule has 0 radical (unpaired) electrons. The van der Waals surface area contributed by atoms with E-state index in [1.807, 2.05) is 12.1 Å². The van der Waals surface area contributed by atoms with Gasteiger partial charge in [-0.15, -0.1) is 0 Å². The van der Waals surface area contributed by atoms with Crippen molar-refractivity contribution in [3.63, 3.8) is 0 Å². The summed E-state index contributed by atoms with van der Waals surface area (Å²) in [6, 6.07) is 19.6. The lowest BCUT2D eigenvalue weighted by Gasteiger charge is -2.34. The molecule has 0 aromatic heterocycles. The highest BCUT2D eigenvalue weighted by Gasteiger charge is 2.21. The molecular weight excluding hydrogens is 322 g/mol. The third-order valence-electron chi connectivity index (χ3n) is 5.03. The summed E-state index contributed by atoms with van der Waals surface area (Å²) in [4.78, 5) is 13.8. The average Bonchev–Trinajstić information content (AvgIpc) is 2.64. The quantitative estimate of drug-likeness (QED) is 0.828. The Hall–Kier alpha value is -2.17. The number of amides is 1. The van der Waals surface area contributed by atoms with Crippen LogP contribution in [0.4, 0.5) is 5.69 Å². The van der Waals surface area contributed by atoms with Gasteiger partial charge in [0.25, 0.3) is 0 Å². The molecular formula is C22H29N3O. The lowest BCUT2D eigenvalue weighted by atomic mass is 10.0. The maximum Gasteiger partial charge on any atom is 0.221 e. The highest BCUT2D eigenvalue weighted by atomic mass is 16.1. The molecule has 1 aliphatic heterocycles. The van der Waals surface area contributed by atoms with Gasteiger partial charge in [-0.25, -0.2) is 0 Å². The van der Waals surface area contributed by atoms with E-state index in [-0.39, 0.29) is 11.9 Å². The third kappa shape index (κ3) is 5.41. The van der Waals surface area contributed by atoms with E-state index >= 15 is 0 Å². The Labute approximate surface area is 156 Å². The molecule has 2 N–H and O–H groups in total. The van der Waals surface area contributed by atoms with E-state index in [0.717, 1.165) is 25.3 Å². The van der Waals surface area contributed by atoms with Crippen LogP contribution in [0.25, 0.3) is 0 Å². The largest absolute Gasteiger partial charge is 0.326 e. The Morgan fingerprint density at radius 3 is 2.54 bits per heavy atom. The number of carbonyl (C=O) groups excluding carboxylic acids is 1. The second kappa shape index (κ2) is 8.97. The number of rotatable bonds is 6. The van der Waals surface area contributed by atoms with Crippen LogP contribution in [0.5, 0.6) is 0 Å². The molecule has 0 bridgehead atoms. The molecule has 1 amide bonds. The van der Waals surface area contributed by atoms with Gasteiger partial charge < -0.3 is 10.6 Å². The Bertz CT molecular complexity index is 708. The summed E-state index contributed by atoms with van der Waals surface area (Å²) in [6.07, 6.45) is 2.34. The van der Waals surface area contributed by atoms with Gasteiger partial charge in [-0.3, -0.25) is 9.69 Å². The maximum absolute atomic E-state index is 11.2. The van der Waals surface area contributed by atoms with Crippen LogP contribution in [-0.2, 0) is 11.3 Å². The lowest BCUT2D eigenvalue weighted by molar-refractivity contribution is -0.114. The second-order valence-electron chi connectivity index (χ2n) is 7.23. The van der Waals surface area contributed by atoms with Gasteiger partial charge in [0.1, 0.15) is 0 Å². The van der Waals surface area contributed by atoms with Crippen molar-refractivity contribution in [1.29, 1.82) is 0 Å². The number of benzene rings is 2. The molecule has 0 aliphatic carbocycles. The van der Waals surface area contributed by atoms with Crippen LogP contribution in [0, 0.1) is 0 Å². The number of piperidine rings is 1. The van der Waals surface area contributed by atoms with Crippen molar-refractivity contribution >= 4 is 11.6 Å². The smallest absolute Gasteiger partial charge is 0.221 e. The zero-order valence-electron chi connectivity index (χ0n) is 15.7. The number of likely N-dealkylation sites (tertiary alicyclic amines) is 1. The van der Waals surface area contributed by atoms with Crippen molar-refractivity contribution in [2.24, 2.45) is 0 Å². The highest BCUT2D eigenvalue weighted by Crippen LogP contribution is 2.21. The summed E-state index contributed by atoms with van der Waals surface area (Å²) in [5, 5.41) is 6.62. The molecule has 1 atom stereocenters. The number of nitrogens with one attached hydrogen (secondary N) is 2. The number of anilines is 1. The predicted octanol–water partition coefficient (Wildman–Crippen LogP) is 3.96. The number of nitrogens with zero attached hydrogens (tertiary/aromatic N) is 1. The molecule has 2 aromatic carbocycles. The summed E-state index contributed by atoms with van der Waals surface area (Å²) in [5.74, 6) is -0.0337. The molecule has 2 aromatic rings. The van der Waals surface area contributed by atoms with Gasteiger partial charge in [0.05, 0.1) is 0 Å². The summed E-state index contributed by atoms with van der Waals surface area (Å²) >= 11 is 0. The van der Waals surface area contributed by atoms with Gasteiger partial charge in [-0.1, -0.05) is 42.5 Å². The fourth-order valence-corrected chi connectivity index (χ4v) is 3.64. The molecule has 138 valence electrons. The Morgan fingerprint density at radius 2 is 1.85 bits per heavy atom. The SMILES string of the molecule is CC(=O)Nc1cccc(C(C)NC2CCN(Cc3ccccc3)CC2)c1. The zero-order valence-corrected chi connectivity index (χ0v) is 15.7. The van der Waals surface area contributed by atoms with Crippen LogP contribution in [0.15, 0.2) is 54.6 Å². The first-order chi connectivity index (χ1) is 12.6. The topological polar surface area (TPSA) is 44.4 Å².